The lowest BCUT2D eigenvalue weighted by molar-refractivity contribution is -0.137. The van der Waals surface area contributed by atoms with E-state index in [1.165, 1.54) is 29.0 Å². The topological polar surface area (TPSA) is 145 Å². The Morgan fingerprint density at radius 2 is 1.79 bits per heavy atom. The largest absolute Gasteiger partial charge is 0.463 e. The van der Waals surface area contributed by atoms with Gasteiger partial charge in [0.2, 0.25) is 11.8 Å². The number of pyridine rings is 1. The fourth-order valence-corrected chi connectivity index (χ4v) is 3.37. The molecule has 0 unspecified atom stereocenters. The number of carbonyl (C=O) groups excluding carboxylic acids is 4. The van der Waals surface area contributed by atoms with E-state index in [9.17, 15) is 24.0 Å². The van der Waals surface area contributed by atoms with Gasteiger partial charge in [0.1, 0.15) is 23.9 Å². The highest BCUT2D eigenvalue weighted by Crippen LogP contribution is 2.10. The van der Waals surface area contributed by atoms with Gasteiger partial charge in [-0.2, -0.15) is 0 Å². The van der Waals surface area contributed by atoms with Gasteiger partial charge in [-0.1, -0.05) is 32.8 Å². The molecule has 0 saturated carbocycles. The summed E-state index contributed by atoms with van der Waals surface area (Å²) in [5, 5.41) is 7.89. The van der Waals surface area contributed by atoms with Crippen LogP contribution in [0, 0.1) is 5.92 Å². The van der Waals surface area contributed by atoms with E-state index < -0.39 is 35.2 Å². The second-order valence-corrected chi connectivity index (χ2v) is 9.76. The Morgan fingerprint density at radius 1 is 1.11 bits per heavy atom. The van der Waals surface area contributed by atoms with Gasteiger partial charge in [-0.3, -0.25) is 14.4 Å². The quantitative estimate of drug-likeness (QED) is 0.246. The Kier molecular flexibility index (Phi) is 13.9. The first-order valence-electron chi connectivity index (χ1n) is 13.0. The van der Waals surface area contributed by atoms with Crippen LogP contribution in [-0.2, 0) is 30.4 Å². The third-order valence-corrected chi connectivity index (χ3v) is 5.50. The zero-order valence-electron chi connectivity index (χ0n) is 23.3. The Hall–Kier alpha value is -3.63. The molecule has 0 aliphatic heterocycles. The van der Waals surface area contributed by atoms with Crippen molar-refractivity contribution in [2.75, 3.05) is 18.5 Å². The number of alkyl carbamates (subject to hydrolysis) is 1. The van der Waals surface area contributed by atoms with E-state index in [4.69, 9.17) is 9.47 Å². The molecule has 11 heteroatoms. The van der Waals surface area contributed by atoms with E-state index in [2.05, 4.69) is 29.8 Å². The number of hydrogen-bond acceptors (Lipinski definition) is 7. The molecule has 11 nitrogen and oxygen atoms in total. The maximum absolute atomic E-state index is 13.0. The van der Waals surface area contributed by atoms with E-state index >= 15 is 0 Å². The molecule has 38 heavy (non-hydrogen) atoms. The number of nitrogens with zero attached hydrogens (tertiary/aromatic N) is 1. The molecule has 0 spiro atoms. The van der Waals surface area contributed by atoms with Crippen molar-refractivity contribution in [1.29, 1.82) is 0 Å². The van der Waals surface area contributed by atoms with E-state index in [-0.39, 0.29) is 37.6 Å². The lowest BCUT2D eigenvalue weighted by atomic mass is 10.0. The highest BCUT2D eigenvalue weighted by Gasteiger charge is 2.25. The second-order valence-electron chi connectivity index (χ2n) is 9.76. The molecule has 0 radical (unpaired) electrons. The lowest BCUT2D eigenvalue weighted by Crippen LogP contribution is -2.46. The molecule has 212 valence electrons. The number of ether oxygens (including phenoxy) is 2. The van der Waals surface area contributed by atoms with Gasteiger partial charge in [-0.05, 0) is 58.6 Å². The average Bonchev–Trinajstić information content (AvgIpc) is 2.83. The third-order valence-electron chi connectivity index (χ3n) is 5.50. The third kappa shape index (κ3) is 12.6. The molecule has 3 amide bonds. The first kappa shape index (κ1) is 32.4. The summed E-state index contributed by atoms with van der Waals surface area (Å²) in [7, 11) is 0. The van der Waals surface area contributed by atoms with Gasteiger partial charge in [-0.25, -0.2) is 9.59 Å². The SMILES string of the molecule is CCOC(=O)/C=C/CC[C@H](NC(=O)OC(C)(C)C)C(=O)Nc1cccn(CC(=O)NCC(CC)CC)c1=O. The number of amides is 3. The molecule has 1 atom stereocenters. The fourth-order valence-electron chi connectivity index (χ4n) is 3.37. The highest BCUT2D eigenvalue weighted by atomic mass is 16.6. The molecule has 3 N–H and O–H groups in total. The predicted molar refractivity (Wildman–Crippen MR) is 145 cm³/mol. The van der Waals surface area contributed by atoms with Crippen molar-refractivity contribution in [2.24, 2.45) is 5.92 Å². The molecule has 1 rings (SSSR count). The number of nitrogens with one attached hydrogen (secondary N) is 3. The van der Waals surface area contributed by atoms with Crippen molar-refractivity contribution >= 4 is 29.6 Å². The summed E-state index contributed by atoms with van der Waals surface area (Å²) in [5.41, 5.74) is -1.38. The van der Waals surface area contributed by atoms with Crippen LogP contribution in [0.2, 0.25) is 0 Å². The Bertz CT molecular complexity index is 1020. The van der Waals surface area contributed by atoms with Gasteiger partial charge in [0, 0.05) is 18.8 Å². The fraction of sp³-hybridized carbons (Fsp3) is 0.593. The van der Waals surface area contributed by atoms with Crippen LogP contribution in [0.25, 0.3) is 0 Å². The monoisotopic (exact) mass is 534 g/mol. The maximum atomic E-state index is 13.0. The van der Waals surface area contributed by atoms with E-state index in [0.29, 0.717) is 12.5 Å². The molecular weight excluding hydrogens is 492 g/mol. The Morgan fingerprint density at radius 3 is 2.39 bits per heavy atom. The summed E-state index contributed by atoms with van der Waals surface area (Å²) >= 11 is 0. The van der Waals surface area contributed by atoms with E-state index in [0.717, 1.165) is 12.8 Å². The van der Waals surface area contributed by atoms with Crippen LogP contribution in [0.1, 0.15) is 67.2 Å². The molecule has 1 aromatic heterocycles. The van der Waals surface area contributed by atoms with Gasteiger partial charge in [-0.15, -0.1) is 0 Å². The van der Waals surface area contributed by atoms with Gasteiger partial charge in [0.15, 0.2) is 0 Å². The van der Waals surface area contributed by atoms with Crippen LogP contribution in [0.15, 0.2) is 35.3 Å². The van der Waals surface area contributed by atoms with Crippen molar-refractivity contribution in [3.63, 3.8) is 0 Å². The first-order chi connectivity index (χ1) is 17.9. The molecule has 0 fully saturated rings. The molecule has 1 heterocycles. The molecule has 0 aliphatic rings. The van der Waals surface area contributed by atoms with Gasteiger partial charge in [0.05, 0.1) is 6.61 Å². The number of hydrogen-bond donors (Lipinski definition) is 3. The number of aromatic nitrogens is 1. The number of carbonyl (C=O) groups is 4. The minimum absolute atomic E-state index is 0.0386. The van der Waals surface area contributed by atoms with Crippen LogP contribution in [0.4, 0.5) is 10.5 Å². The van der Waals surface area contributed by atoms with Crippen LogP contribution < -0.4 is 21.5 Å². The minimum Gasteiger partial charge on any atom is -0.463 e. The molecule has 0 aromatic carbocycles. The summed E-state index contributed by atoms with van der Waals surface area (Å²) in [4.78, 5) is 62.2. The zero-order valence-corrected chi connectivity index (χ0v) is 23.3. The molecule has 0 aliphatic carbocycles. The van der Waals surface area contributed by atoms with Crippen molar-refractivity contribution in [3.8, 4) is 0 Å². The summed E-state index contributed by atoms with van der Waals surface area (Å²) in [6.07, 6.45) is 5.71. The molecule has 0 saturated heterocycles. The number of esters is 1. The van der Waals surface area contributed by atoms with Crippen molar-refractivity contribution in [2.45, 2.75) is 85.4 Å². The Balaban J connectivity index is 2.95. The zero-order chi connectivity index (χ0) is 28.7. The van der Waals surface area contributed by atoms with Crippen LogP contribution >= 0.6 is 0 Å². The normalized spacial score (nSPS) is 12.2. The predicted octanol–water partition coefficient (Wildman–Crippen LogP) is 3.13. The van der Waals surface area contributed by atoms with Gasteiger partial charge >= 0.3 is 12.1 Å². The molecule has 0 bridgehead atoms. The maximum Gasteiger partial charge on any atom is 0.408 e. The second kappa shape index (κ2) is 16.3. The van der Waals surface area contributed by atoms with Crippen LogP contribution in [0.5, 0.6) is 0 Å². The van der Waals surface area contributed by atoms with Crippen LogP contribution in [-0.4, -0.2) is 53.2 Å². The van der Waals surface area contributed by atoms with Gasteiger partial charge < -0.3 is 30.0 Å². The Labute approximate surface area is 224 Å². The number of rotatable bonds is 14. The number of anilines is 1. The lowest BCUT2D eigenvalue weighted by Gasteiger charge is -2.23. The molecular formula is C27H42N4O7. The summed E-state index contributed by atoms with van der Waals surface area (Å²) < 4.78 is 11.3. The van der Waals surface area contributed by atoms with E-state index in [1.807, 2.05) is 0 Å². The van der Waals surface area contributed by atoms with Crippen molar-refractivity contribution in [1.82, 2.24) is 15.2 Å². The van der Waals surface area contributed by atoms with Gasteiger partial charge in [0.25, 0.3) is 5.56 Å². The first-order valence-corrected chi connectivity index (χ1v) is 13.0. The van der Waals surface area contributed by atoms with Crippen LogP contribution in [0.3, 0.4) is 0 Å². The van der Waals surface area contributed by atoms with Crippen molar-refractivity contribution < 1.29 is 28.7 Å². The minimum atomic E-state index is -1.06. The summed E-state index contributed by atoms with van der Waals surface area (Å²) in [6.45, 7) is 11.4. The van der Waals surface area contributed by atoms with Crippen molar-refractivity contribution in [3.05, 3.63) is 40.8 Å². The standard InChI is InChI=1S/C27H42N4O7/c1-7-19(8-2)17-28-22(32)18-31-16-12-14-21(25(31)35)29-24(34)20(30-26(36)38-27(4,5)6)13-10-11-15-23(33)37-9-3/h11-12,14-16,19-20H,7-10,13,17-18H2,1-6H3,(H,28,32)(H,29,34)(H,30,36)/b15-11+/t20-/m0/s1. The van der Waals surface area contributed by atoms with E-state index in [1.54, 1.807) is 33.8 Å². The number of allylic oxidation sites excluding steroid dienone is 1. The smallest absolute Gasteiger partial charge is 0.408 e. The summed E-state index contributed by atoms with van der Waals surface area (Å²) in [5.74, 6) is -1.10. The summed E-state index contributed by atoms with van der Waals surface area (Å²) in [6, 6.07) is 1.90. The molecule has 1 aromatic rings. The average molecular weight is 535 g/mol. The highest BCUT2D eigenvalue weighted by molar-refractivity contribution is 5.96.